The van der Waals surface area contributed by atoms with Crippen LogP contribution in [-0.2, 0) is 0 Å². The van der Waals surface area contributed by atoms with Gasteiger partial charge in [-0.3, -0.25) is 0 Å². The summed E-state index contributed by atoms with van der Waals surface area (Å²) in [7, 11) is 0. The van der Waals surface area contributed by atoms with Gasteiger partial charge in [-0.05, 0) is 12.1 Å². The molecule has 4 nitrogen and oxygen atoms in total. The first kappa shape index (κ1) is 8.96. The smallest absolute Gasteiger partial charge is 0.177 e. The van der Waals surface area contributed by atoms with E-state index in [1.54, 1.807) is 6.07 Å². The highest BCUT2D eigenvalue weighted by molar-refractivity contribution is 5.87. The zero-order valence-corrected chi connectivity index (χ0v) is 7.46. The van der Waals surface area contributed by atoms with Gasteiger partial charge in [0.25, 0.3) is 0 Å². The third kappa shape index (κ3) is 1.54. The van der Waals surface area contributed by atoms with Crippen LogP contribution >= 0.6 is 0 Å². The zero-order chi connectivity index (χ0) is 9.97. The van der Waals surface area contributed by atoms with Gasteiger partial charge < -0.3 is 15.6 Å². The summed E-state index contributed by atoms with van der Waals surface area (Å²) in [5, 5.41) is 7.51. The van der Waals surface area contributed by atoms with Crippen LogP contribution in [-0.4, -0.2) is 18.2 Å². The van der Waals surface area contributed by atoms with Crippen LogP contribution < -0.4 is 11.1 Å². The van der Waals surface area contributed by atoms with Crippen molar-refractivity contribution in [1.29, 1.82) is 0 Å². The average molecular weight is 195 g/mol. The molecule has 2 aromatic rings. The fraction of sp³-hybridized carbons (Fsp3) is 0.222. The number of nitrogens with zero attached hydrogens (tertiary/aromatic N) is 1. The van der Waals surface area contributed by atoms with Gasteiger partial charge in [-0.15, -0.1) is 0 Å². The lowest BCUT2D eigenvalue weighted by Crippen LogP contribution is -2.13. The molecule has 0 unspecified atom stereocenters. The molecule has 1 aromatic heterocycles. The molecule has 14 heavy (non-hydrogen) atoms. The zero-order valence-electron chi connectivity index (χ0n) is 7.46. The molecule has 0 aliphatic heterocycles. The Balaban J connectivity index is 2.37. The van der Waals surface area contributed by atoms with Crippen LogP contribution in [0.3, 0.4) is 0 Å². The van der Waals surface area contributed by atoms with Crippen molar-refractivity contribution in [2.75, 3.05) is 18.4 Å². The molecule has 1 aromatic carbocycles. The fourth-order valence-electron chi connectivity index (χ4n) is 1.23. The van der Waals surface area contributed by atoms with Crippen LogP contribution in [0.25, 0.3) is 11.0 Å². The van der Waals surface area contributed by atoms with Gasteiger partial charge in [0.1, 0.15) is 5.82 Å². The van der Waals surface area contributed by atoms with Crippen molar-refractivity contribution >= 4 is 16.8 Å². The van der Waals surface area contributed by atoms with E-state index in [0.717, 1.165) is 5.39 Å². The van der Waals surface area contributed by atoms with E-state index in [2.05, 4.69) is 10.5 Å². The number of halogens is 1. The summed E-state index contributed by atoms with van der Waals surface area (Å²) < 4.78 is 17.7. The minimum Gasteiger partial charge on any atom is -0.365 e. The number of hydrogen-bond acceptors (Lipinski definition) is 4. The highest BCUT2D eigenvalue weighted by Crippen LogP contribution is 2.22. The number of rotatable bonds is 3. The van der Waals surface area contributed by atoms with E-state index in [-0.39, 0.29) is 5.82 Å². The third-order valence-corrected chi connectivity index (χ3v) is 1.87. The lowest BCUT2D eigenvalue weighted by molar-refractivity contribution is 0.457. The topological polar surface area (TPSA) is 64.1 Å². The standard InChI is InChI=1S/C9H10FN3O/c10-6-1-2-7-8(5-6)14-13-9(7)12-4-3-11/h1-2,5H,3-4,11H2,(H,12,13). The molecule has 0 atom stereocenters. The van der Waals surface area contributed by atoms with E-state index in [9.17, 15) is 4.39 Å². The summed E-state index contributed by atoms with van der Waals surface area (Å²) in [5.74, 6) is 0.268. The first-order valence-corrected chi connectivity index (χ1v) is 4.30. The summed E-state index contributed by atoms with van der Waals surface area (Å²) in [6, 6.07) is 4.29. The van der Waals surface area contributed by atoms with Crippen LogP contribution in [0.15, 0.2) is 22.7 Å². The maximum absolute atomic E-state index is 12.8. The number of nitrogens with one attached hydrogen (secondary N) is 1. The predicted octanol–water partition coefficient (Wildman–Crippen LogP) is 1.34. The number of nitrogens with two attached hydrogens (primary N) is 1. The van der Waals surface area contributed by atoms with Crippen LogP contribution in [0.2, 0.25) is 0 Å². The normalized spacial score (nSPS) is 10.7. The molecule has 0 radical (unpaired) electrons. The van der Waals surface area contributed by atoms with Crippen molar-refractivity contribution in [3.05, 3.63) is 24.0 Å². The van der Waals surface area contributed by atoms with Crippen LogP contribution in [0, 0.1) is 5.82 Å². The van der Waals surface area contributed by atoms with Crippen molar-refractivity contribution in [3.63, 3.8) is 0 Å². The molecule has 5 heteroatoms. The van der Waals surface area contributed by atoms with Crippen molar-refractivity contribution in [2.45, 2.75) is 0 Å². The Bertz CT molecular complexity index is 441. The first-order chi connectivity index (χ1) is 6.81. The Morgan fingerprint density at radius 3 is 3.14 bits per heavy atom. The predicted molar refractivity (Wildman–Crippen MR) is 51.5 cm³/mol. The summed E-state index contributed by atoms with van der Waals surface area (Å²) in [6.45, 7) is 1.12. The molecule has 0 aliphatic rings. The van der Waals surface area contributed by atoms with E-state index < -0.39 is 0 Å². The minimum absolute atomic E-state index is 0.334. The van der Waals surface area contributed by atoms with Gasteiger partial charge in [0, 0.05) is 19.2 Å². The molecule has 2 rings (SSSR count). The molecular weight excluding hydrogens is 185 g/mol. The second-order valence-corrected chi connectivity index (χ2v) is 2.89. The third-order valence-electron chi connectivity index (χ3n) is 1.87. The Kier molecular flexibility index (Phi) is 2.32. The Morgan fingerprint density at radius 1 is 1.50 bits per heavy atom. The Hall–Kier alpha value is -1.62. The van der Waals surface area contributed by atoms with Gasteiger partial charge in [0.2, 0.25) is 0 Å². The van der Waals surface area contributed by atoms with Gasteiger partial charge in [0.05, 0.1) is 5.39 Å². The molecule has 0 saturated heterocycles. The lowest BCUT2D eigenvalue weighted by atomic mass is 10.2. The fourth-order valence-corrected chi connectivity index (χ4v) is 1.23. The first-order valence-electron chi connectivity index (χ1n) is 4.30. The number of benzene rings is 1. The van der Waals surface area contributed by atoms with E-state index in [1.165, 1.54) is 12.1 Å². The van der Waals surface area contributed by atoms with Gasteiger partial charge in [-0.25, -0.2) is 4.39 Å². The number of aromatic nitrogens is 1. The van der Waals surface area contributed by atoms with Gasteiger partial charge >= 0.3 is 0 Å². The molecule has 74 valence electrons. The van der Waals surface area contributed by atoms with Gasteiger partial charge in [-0.2, -0.15) is 0 Å². The van der Waals surface area contributed by atoms with Gasteiger partial charge in [0.15, 0.2) is 11.4 Å². The van der Waals surface area contributed by atoms with Crippen LogP contribution in [0.5, 0.6) is 0 Å². The summed E-state index contributed by atoms with van der Waals surface area (Å²) in [5.41, 5.74) is 5.77. The molecule has 0 aliphatic carbocycles. The van der Waals surface area contributed by atoms with Crippen molar-refractivity contribution in [3.8, 4) is 0 Å². The Labute approximate surface area is 79.9 Å². The molecule has 0 fully saturated rings. The van der Waals surface area contributed by atoms with E-state index >= 15 is 0 Å². The maximum Gasteiger partial charge on any atom is 0.177 e. The second-order valence-electron chi connectivity index (χ2n) is 2.89. The monoisotopic (exact) mass is 195 g/mol. The van der Waals surface area contributed by atoms with E-state index in [4.69, 9.17) is 10.3 Å². The highest BCUT2D eigenvalue weighted by atomic mass is 19.1. The van der Waals surface area contributed by atoms with Crippen molar-refractivity contribution in [2.24, 2.45) is 5.73 Å². The quantitative estimate of drug-likeness (QED) is 0.775. The SMILES string of the molecule is NCCNc1noc2cc(F)ccc12. The highest BCUT2D eigenvalue weighted by Gasteiger charge is 2.07. The minimum atomic E-state index is -0.334. The number of hydrogen-bond donors (Lipinski definition) is 2. The molecule has 1 heterocycles. The van der Waals surface area contributed by atoms with E-state index in [1.807, 2.05) is 0 Å². The largest absolute Gasteiger partial charge is 0.365 e. The molecule has 0 amide bonds. The maximum atomic E-state index is 12.8. The number of anilines is 1. The van der Waals surface area contributed by atoms with Crippen molar-refractivity contribution < 1.29 is 8.91 Å². The van der Waals surface area contributed by atoms with Gasteiger partial charge in [-0.1, -0.05) is 5.16 Å². The molecular formula is C9H10FN3O. The van der Waals surface area contributed by atoms with Crippen LogP contribution in [0.1, 0.15) is 0 Å². The average Bonchev–Trinajstić information content (AvgIpc) is 2.57. The van der Waals surface area contributed by atoms with Crippen LogP contribution in [0.4, 0.5) is 10.2 Å². The summed E-state index contributed by atoms with van der Waals surface area (Å²) >= 11 is 0. The second kappa shape index (κ2) is 3.63. The summed E-state index contributed by atoms with van der Waals surface area (Å²) in [4.78, 5) is 0. The molecule has 0 spiro atoms. The molecule has 0 bridgehead atoms. The lowest BCUT2D eigenvalue weighted by Gasteiger charge is -1.98. The van der Waals surface area contributed by atoms with Crippen molar-refractivity contribution in [1.82, 2.24) is 5.16 Å². The van der Waals surface area contributed by atoms with E-state index in [0.29, 0.717) is 24.5 Å². The number of fused-ring (bicyclic) bond motifs is 1. The Morgan fingerprint density at radius 2 is 2.36 bits per heavy atom. The molecule has 3 N–H and O–H groups in total. The molecule has 0 saturated carbocycles. The summed E-state index contributed by atoms with van der Waals surface area (Å²) in [6.07, 6.45) is 0.